The number of carbonyl (C=O) groups is 1. The van der Waals surface area contributed by atoms with Crippen molar-refractivity contribution in [3.05, 3.63) is 30.1 Å². The van der Waals surface area contributed by atoms with Crippen LogP contribution >= 0.6 is 0 Å². The van der Waals surface area contributed by atoms with Crippen molar-refractivity contribution in [2.75, 3.05) is 0 Å². The number of quaternary nitrogens is 1. The molecule has 0 radical (unpaired) electrons. The van der Waals surface area contributed by atoms with E-state index in [1.165, 1.54) is 0 Å². The summed E-state index contributed by atoms with van der Waals surface area (Å²) in [6.45, 7) is 0. The van der Waals surface area contributed by atoms with E-state index in [9.17, 15) is 9.90 Å². The molecule has 4 heteroatoms. The Hall–Kier alpha value is -1.42. The number of carboxylic acid groups (broad SMARTS) is 1. The largest absolute Gasteiger partial charge is 0.550 e. The molecular weight excluding hydrogens is 168 g/mol. The zero-order valence-electron chi connectivity index (χ0n) is 7.27. The molecule has 3 N–H and O–H groups in total. The molecule has 13 heavy (non-hydrogen) atoms. The van der Waals surface area contributed by atoms with Crippen molar-refractivity contribution in [2.24, 2.45) is 0 Å². The molecule has 0 saturated heterocycles. The van der Waals surface area contributed by atoms with Crippen LogP contribution in [0, 0.1) is 0 Å². The molecule has 70 valence electrons. The van der Waals surface area contributed by atoms with E-state index in [0.717, 1.165) is 5.56 Å². The van der Waals surface area contributed by atoms with Gasteiger partial charge in [-0.3, -0.25) is 4.98 Å². The first-order valence-corrected chi connectivity index (χ1v) is 4.10. The maximum Gasteiger partial charge on any atom is 0.0937 e. The third kappa shape index (κ3) is 3.66. The first kappa shape index (κ1) is 9.67. The summed E-state index contributed by atoms with van der Waals surface area (Å²) in [7, 11) is 0. The van der Waals surface area contributed by atoms with Gasteiger partial charge in [0.25, 0.3) is 0 Å². The normalized spacial score (nSPS) is 12.4. The quantitative estimate of drug-likeness (QED) is 0.604. The molecule has 0 fully saturated rings. The molecule has 0 unspecified atom stereocenters. The van der Waals surface area contributed by atoms with Crippen LogP contribution in [0.1, 0.15) is 12.0 Å². The van der Waals surface area contributed by atoms with Crippen molar-refractivity contribution in [1.82, 2.24) is 4.98 Å². The Labute approximate surface area is 76.4 Å². The topological polar surface area (TPSA) is 80.7 Å². The van der Waals surface area contributed by atoms with E-state index in [1.54, 1.807) is 12.4 Å². The maximum absolute atomic E-state index is 10.2. The molecule has 1 rings (SSSR count). The lowest BCUT2D eigenvalue weighted by Crippen LogP contribution is -2.63. The molecule has 1 atom stereocenters. The van der Waals surface area contributed by atoms with Crippen molar-refractivity contribution in [2.45, 2.75) is 18.9 Å². The van der Waals surface area contributed by atoms with E-state index in [0.29, 0.717) is 6.42 Å². The Morgan fingerprint density at radius 1 is 1.69 bits per heavy atom. The van der Waals surface area contributed by atoms with Crippen LogP contribution < -0.4 is 10.8 Å². The van der Waals surface area contributed by atoms with Gasteiger partial charge in [-0.1, -0.05) is 6.07 Å². The maximum atomic E-state index is 10.2. The number of aromatic nitrogens is 1. The molecule has 0 aliphatic carbocycles. The Morgan fingerprint density at radius 3 is 3.00 bits per heavy atom. The Balaban J connectivity index is 2.45. The van der Waals surface area contributed by atoms with Crippen LogP contribution in [-0.4, -0.2) is 17.0 Å². The summed E-state index contributed by atoms with van der Waals surface area (Å²) in [4.78, 5) is 14.2. The zero-order chi connectivity index (χ0) is 9.68. The van der Waals surface area contributed by atoms with E-state index in [4.69, 9.17) is 0 Å². The molecule has 0 spiro atoms. The molecule has 0 saturated carbocycles. The highest BCUT2D eigenvalue weighted by Crippen LogP contribution is 2.00. The number of hydrogen-bond donors (Lipinski definition) is 1. The standard InChI is InChI=1S/C9H12N2O2/c10-8(5-9(12)13)4-7-2-1-3-11-6-7/h1-3,6,8H,4-5,10H2,(H,12,13)/t8-/m0/s1. The summed E-state index contributed by atoms with van der Waals surface area (Å²) in [5, 5.41) is 10.2. The first-order valence-electron chi connectivity index (χ1n) is 4.10. The van der Waals surface area contributed by atoms with Gasteiger partial charge < -0.3 is 15.6 Å². The second kappa shape index (κ2) is 4.57. The Kier molecular flexibility index (Phi) is 3.40. The number of carbonyl (C=O) groups excluding carboxylic acids is 1. The lowest BCUT2D eigenvalue weighted by atomic mass is 10.1. The Morgan fingerprint density at radius 2 is 2.46 bits per heavy atom. The number of hydrogen-bond acceptors (Lipinski definition) is 3. The van der Waals surface area contributed by atoms with Gasteiger partial charge in [0.2, 0.25) is 0 Å². The summed E-state index contributed by atoms with van der Waals surface area (Å²) in [6, 6.07) is 3.58. The van der Waals surface area contributed by atoms with Gasteiger partial charge in [-0.05, 0) is 11.6 Å². The third-order valence-electron chi connectivity index (χ3n) is 1.70. The second-order valence-corrected chi connectivity index (χ2v) is 3.01. The minimum Gasteiger partial charge on any atom is -0.550 e. The smallest absolute Gasteiger partial charge is 0.0937 e. The summed E-state index contributed by atoms with van der Waals surface area (Å²) >= 11 is 0. The van der Waals surface area contributed by atoms with Gasteiger partial charge in [0.1, 0.15) is 0 Å². The third-order valence-corrected chi connectivity index (χ3v) is 1.70. The Bertz CT molecular complexity index is 274. The van der Waals surface area contributed by atoms with Crippen molar-refractivity contribution >= 4 is 5.97 Å². The fraction of sp³-hybridized carbons (Fsp3) is 0.333. The van der Waals surface area contributed by atoms with Crippen LogP contribution in [0.4, 0.5) is 0 Å². The van der Waals surface area contributed by atoms with Gasteiger partial charge in [-0.15, -0.1) is 0 Å². The van der Waals surface area contributed by atoms with E-state index in [1.807, 2.05) is 12.1 Å². The van der Waals surface area contributed by atoms with Gasteiger partial charge in [-0.2, -0.15) is 0 Å². The van der Waals surface area contributed by atoms with Crippen LogP contribution in [-0.2, 0) is 11.2 Å². The molecule has 4 nitrogen and oxygen atoms in total. The lowest BCUT2D eigenvalue weighted by molar-refractivity contribution is -0.423. The fourth-order valence-corrected chi connectivity index (χ4v) is 1.16. The molecule has 0 aromatic carbocycles. The molecule has 0 aliphatic heterocycles. The van der Waals surface area contributed by atoms with E-state index in [2.05, 4.69) is 10.7 Å². The van der Waals surface area contributed by atoms with Crippen molar-refractivity contribution in [1.29, 1.82) is 0 Å². The predicted molar refractivity (Wildman–Crippen MR) is 44.2 cm³/mol. The monoisotopic (exact) mass is 180 g/mol. The van der Waals surface area contributed by atoms with Crippen LogP contribution in [0.3, 0.4) is 0 Å². The SMILES string of the molecule is [NH3+][C@H](CC(=O)[O-])Cc1cccnc1. The number of pyridine rings is 1. The highest BCUT2D eigenvalue weighted by molar-refractivity contribution is 5.64. The lowest BCUT2D eigenvalue weighted by Gasteiger charge is -2.08. The van der Waals surface area contributed by atoms with Crippen molar-refractivity contribution in [3.63, 3.8) is 0 Å². The van der Waals surface area contributed by atoms with Gasteiger partial charge in [0, 0.05) is 31.2 Å². The van der Waals surface area contributed by atoms with E-state index in [-0.39, 0.29) is 12.5 Å². The van der Waals surface area contributed by atoms with Crippen molar-refractivity contribution in [3.8, 4) is 0 Å². The molecule has 0 bridgehead atoms. The number of carboxylic acids is 1. The molecular formula is C9H12N2O2. The van der Waals surface area contributed by atoms with Gasteiger partial charge in [0.15, 0.2) is 0 Å². The molecule has 0 amide bonds. The van der Waals surface area contributed by atoms with Crippen LogP contribution in [0.5, 0.6) is 0 Å². The molecule has 0 aliphatic rings. The van der Waals surface area contributed by atoms with Crippen molar-refractivity contribution < 1.29 is 15.6 Å². The zero-order valence-corrected chi connectivity index (χ0v) is 7.27. The van der Waals surface area contributed by atoms with E-state index < -0.39 is 5.97 Å². The summed E-state index contributed by atoms with van der Waals surface area (Å²) in [6.07, 6.45) is 4.02. The summed E-state index contributed by atoms with van der Waals surface area (Å²) in [5.74, 6) is -1.05. The summed E-state index contributed by atoms with van der Waals surface area (Å²) in [5.41, 5.74) is 4.73. The molecule has 1 heterocycles. The molecule has 1 aromatic heterocycles. The van der Waals surface area contributed by atoms with Crippen LogP contribution in [0.15, 0.2) is 24.5 Å². The minimum atomic E-state index is -1.05. The van der Waals surface area contributed by atoms with Crippen LogP contribution in [0.2, 0.25) is 0 Å². The number of nitrogens with zero attached hydrogens (tertiary/aromatic N) is 1. The molecule has 1 aromatic rings. The first-order chi connectivity index (χ1) is 6.18. The van der Waals surface area contributed by atoms with Crippen LogP contribution in [0.25, 0.3) is 0 Å². The fourth-order valence-electron chi connectivity index (χ4n) is 1.16. The predicted octanol–water partition coefficient (Wildman–Crippen LogP) is -1.63. The highest BCUT2D eigenvalue weighted by atomic mass is 16.4. The van der Waals surface area contributed by atoms with Gasteiger partial charge in [0.05, 0.1) is 6.04 Å². The average Bonchev–Trinajstić information content (AvgIpc) is 2.04. The van der Waals surface area contributed by atoms with Gasteiger partial charge >= 0.3 is 0 Å². The average molecular weight is 180 g/mol. The van der Waals surface area contributed by atoms with E-state index >= 15 is 0 Å². The summed E-state index contributed by atoms with van der Waals surface area (Å²) < 4.78 is 0. The second-order valence-electron chi connectivity index (χ2n) is 3.01. The number of rotatable bonds is 4. The highest BCUT2D eigenvalue weighted by Gasteiger charge is 2.07. The number of aliphatic carboxylic acids is 1. The minimum absolute atomic E-state index is 0.00507. The van der Waals surface area contributed by atoms with Gasteiger partial charge in [-0.25, -0.2) is 0 Å².